The van der Waals surface area contributed by atoms with E-state index in [0.717, 1.165) is 43.8 Å². The Kier molecular flexibility index (Phi) is 4.40. The van der Waals surface area contributed by atoms with Gasteiger partial charge < -0.3 is 14.6 Å². The van der Waals surface area contributed by atoms with Crippen molar-refractivity contribution in [1.82, 2.24) is 0 Å². The lowest BCUT2D eigenvalue weighted by atomic mass is 10.1. The zero-order valence-corrected chi connectivity index (χ0v) is 10.3. The summed E-state index contributed by atoms with van der Waals surface area (Å²) in [5, 5.41) is 9.69. The number of hydrogen-bond donors (Lipinski definition) is 1. The number of hydrogen-bond acceptors (Lipinski definition) is 3. The zero-order chi connectivity index (χ0) is 12.1. The summed E-state index contributed by atoms with van der Waals surface area (Å²) >= 11 is 0. The van der Waals surface area contributed by atoms with Crippen molar-refractivity contribution in [2.24, 2.45) is 0 Å². The minimum Gasteiger partial charge on any atom is -0.493 e. The van der Waals surface area contributed by atoms with Crippen molar-refractivity contribution in [3.8, 4) is 5.75 Å². The maximum absolute atomic E-state index is 9.69. The highest BCUT2D eigenvalue weighted by molar-refractivity contribution is 5.39. The minimum atomic E-state index is -0.281. The molecule has 0 heterocycles. The molecule has 0 spiro atoms. The van der Waals surface area contributed by atoms with Crippen molar-refractivity contribution in [3.63, 3.8) is 0 Å². The van der Waals surface area contributed by atoms with Gasteiger partial charge in [-0.3, -0.25) is 0 Å². The molecule has 0 bridgehead atoms. The predicted octanol–water partition coefficient (Wildman–Crippen LogP) is 2.47. The van der Waals surface area contributed by atoms with E-state index in [1.807, 2.05) is 25.1 Å². The number of aliphatic hydroxyl groups is 1. The van der Waals surface area contributed by atoms with Gasteiger partial charge in [0.1, 0.15) is 5.75 Å². The van der Waals surface area contributed by atoms with E-state index in [1.54, 1.807) is 0 Å². The van der Waals surface area contributed by atoms with Crippen LogP contribution in [0.2, 0.25) is 0 Å². The maximum Gasteiger partial charge on any atom is 0.119 e. The van der Waals surface area contributed by atoms with Crippen LogP contribution >= 0.6 is 0 Å². The van der Waals surface area contributed by atoms with Crippen LogP contribution < -0.4 is 4.74 Å². The molecule has 0 saturated carbocycles. The SMILES string of the molecule is CCOCCCOc1ccc2c(c1)CC[C@@H]2O. The van der Waals surface area contributed by atoms with Gasteiger partial charge in [-0.2, -0.15) is 0 Å². The van der Waals surface area contributed by atoms with Gasteiger partial charge in [0, 0.05) is 19.6 Å². The molecular weight excluding hydrogens is 216 g/mol. The number of fused-ring (bicyclic) bond motifs is 1. The van der Waals surface area contributed by atoms with Gasteiger partial charge in [0.05, 0.1) is 12.7 Å². The first-order chi connectivity index (χ1) is 8.31. The molecule has 0 amide bonds. The van der Waals surface area contributed by atoms with Crippen LogP contribution in [0.5, 0.6) is 5.75 Å². The average molecular weight is 236 g/mol. The highest BCUT2D eigenvalue weighted by Gasteiger charge is 2.20. The van der Waals surface area contributed by atoms with Crippen LogP contribution in [-0.4, -0.2) is 24.9 Å². The van der Waals surface area contributed by atoms with Crippen molar-refractivity contribution in [1.29, 1.82) is 0 Å². The van der Waals surface area contributed by atoms with Crippen LogP contribution in [0.15, 0.2) is 18.2 Å². The third kappa shape index (κ3) is 3.20. The lowest BCUT2D eigenvalue weighted by molar-refractivity contribution is 0.131. The molecule has 1 aliphatic rings. The second-order valence-electron chi connectivity index (χ2n) is 4.31. The topological polar surface area (TPSA) is 38.7 Å². The molecule has 0 radical (unpaired) electrons. The van der Waals surface area contributed by atoms with Crippen LogP contribution in [0.3, 0.4) is 0 Å². The van der Waals surface area contributed by atoms with E-state index in [4.69, 9.17) is 9.47 Å². The standard InChI is InChI=1S/C14H20O3/c1-2-16-8-3-9-17-12-5-6-13-11(10-12)4-7-14(13)15/h5-6,10,14-15H,2-4,7-9H2,1H3/t14-/m0/s1. The molecule has 17 heavy (non-hydrogen) atoms. The van der Waals surface area contributed by atoms with Gasteiger partial charge in [0.2, 0.25) is 0 Å². The highest BCUT2D eigenvalue weighted by atomic mass is 16.5. The predicted molar refractivity (Wildman–Crippen MR) is 66.3 cm³/mol. The Balaban J connectivity index is 1.82. The van der Waals surface area contributed by atoms with E-state index >= 15 is 0 Å². The molecule has 94 valence electrons. The fourth-order valence-electron chi connectivity index (χ4n) is 2.16. The van der Waals surface area contributed by atoms with Crippen LogP contribution in [0, 0.1) is 0 Å². The molecule has 1 aliphatic carbocycles. The lowest BCUT2D eigenvalue weighted by Gasteiger charge is -2.09. The first-order valence-corrected chi connectivity index (χ1v) is 6.32. The fourth-order valence-corrected chi connectivity index (χ4v) is 2.16. The molecule has 3 nitrogen and oxygen atoms in total. The number of ether oxygens (including phenoxy) is 2. The summed E-state index contributed by atoms with van der Waals surface area (Å²) in [5.74, 6) is 0.898. The molecular formula is C14H20O3. The average Bonchev–Trinajstić information content (AvgIpc) is 2.71. The summed E-state index contributed by atoms with van der Waals surface area (Å²) in [4.78, 5) is 0. The molecule has 1 aromatic rings. The van der Waals surface area contributed by atoms with Crippen LogP contribution in [0.4, 0.5) is 0 Å². The summed E-state index contributed by atoms with van der Waals surface area (Å²) in [7, 11) is 0. The minimum absolute atomic E-state index is 0.281. The van der Waals surface area contributed by atoms with Gasteiger partial charge >= 0.3 is 0 Å². The van der Waals surface area contributed by atoms with Crippen molar-refractivity contribution in [2.75, 3.05) is 19.8 Å². The number of benzene rings is 1. The van der Waals surface area contributed by atoms with Gasteiger partial charge in [-0.05, 0) is 43.0 Å². The van der Waals surface area contributed by atoms with E-state index in [1.165, 1.54) is 5.56 Å². The van der Waals surface area contributed by atoms with Gasteiger partial charge in [0.15, 0.2) is 0 Å². The molecule has 0 saturated heterocycles. The van der Waals surface area contributed by atoms with Crippen LogP contribution in [0.1, 0.15) is 37.0 Å². The van der Waals surface area contributed by atoms with Crippen molar-refractivity contribution in [3.05, 3.63) is 29.3 Å². The normalized spacial score (nSPS) is 18.1. The summed E-state index contributed by atoms with van der Waals surface area (Å²) in [6.45, 7) is 4.19. The Labute approximate surface area is 102 Å². The van der Waals surface area contributed by atoms with E-state index in [-0.39, 0.29) is 6.10 Å². The third-order valence-electron chi connectivity index (χ3n) is 3.07. The number of rotatable bonds is 6. The smallest absolute Gasteiger partial charge is 0.119 e. The van der Waals surface area contributed by atoms with E-state index < -0.39 is 0 Å². The lowest BCUT2D eigenvalue weighted by Crippen LogP contribution is -2.03. The molecule has 1 aromatic carbocycles. The first-order valence-electron chi connectivity index (χ1n) is 6.32. The molecule has 2 rings (SSSR count). The second kappa shape index (κ2) is 6.03. The van der Waals surface area contributed by atoms with Crippen molar-refractivity contribution in [2.45, 2.75) is 32.3 Å². The van der Waals surface area contributed by atoms with Crippen molar-refractivity contribution >= 4 is 0 Å². The number of aliphatic hydroxyl groups excluding tert-OH is 1. The number of aryl methyl sites for hydroxylation is 1. The van der Waals surface area contributed by atoms with E-state index in [2.05, 4.69) is 0 Å². The zero-order valence-electron chi connectivity index (χ0n) is 10.3. The van der Waals surface area contributed by atoms with Gasteiger partial charge in [0.25, 0.3) is 0 Å². The summed E-state index contributed by atoms with van der Waals surface area (Å²) in [5.41, 5.74) is 2.28. The summed E-state index contributed by atoms with van der Waals surface area (Å²) < 4.78 is 10.9. The Morgan fingerprint density at radius 3 is 3.06 bits per heavy atom. The molecule has 1 atom stereocenters. The van der Waals surface area contributed by atoms with Crippen LogP contribution in [0.25, 0.3) is 0 Å². The molecule has 0 aliphatic heterocycles. The van der Waals surface area contributed by atoms with Gasteiger partial charge in [-0.15, -0.1) is 0 Å². The molecule has 0 unspecified atom stereocenters. The third-order valence-corrected chi connectivity index (χ3v) is 3.07. The summed E-state index contributed by atoms with van der Waals surface area (Å²) in [6, 6.07) is 5.96. The van der Waals surface area contributed by atoms with Crippen LogP contribution in [-0.2, 0) is 11.2 Å². The quantitative estimate of drug-likeness (QED) is 0.771. The molecule has 3 heteroatoms. The fraction of sp³-hybridized carbons (Fsp3) is 0.571. The largest absolute Gasteiger partial charge is 0.493 e. The maximum atomic E-state index is 9.69. The Bertz CT molecular complexity index is 362. The Hall–Kier alpha value is -1.06. The molecule has 0 aromatic heterocycles. The van der Waals surface area contributed by atoms with Gasteiger partial charge in [-0.25, -0.2) is 0 Å². The Morgan fingerprint density at radius 1 is 1.35 bits per heavy atom. The Morgan fingerprint density at radius 2 is 2.24 bits per heavy atom. The van der Waals surface area contributed by atoms with Gasteiger partial charge in [-0.1, -0.05) is 6.07 Å². The molecule has 1 N–H and O–H groups in total. The highest BCUT2D eigenvalue weighted by Crippen LogP contribution is 2.33. The van der Waals surface area contributed by atoms with Crippen molar-refractivity contribution < 1.29 is 14.6 Å². The monoisotopic (exact) mass is 236 g/mol. The summed E-state index contributed by atoms with van der Waals surface area (Å²) in [6.07, 6.45) is 2.42. The van der Waals surface area contributed by atoms with E-state index in [0.29, 0.717) is 6.61 Å². The second-order valence-corrected chi connectivity index (χ2v) is 4.31. The molecule has 0 fully saturated rings. The first kappa shape index (κ1) is 12.4. The van der Waals surface area contributed by atoms with E-state index in [9.17, 15) is 5.11 Å².